The van der Waals surface area contributed by atoms with Crippen molar-refractivity contribution < 1.29 is 9.18 Å². The zero-order chi connectivity index (χ0) is 15.1. The summed E-state index contributed by atoms with van der Waals surface area (Å²) in [6.45, 7) is 1.88. The average molecular weight is 285 g/mol. The van der Waals surface area contributed by atoms with Gasteiger partial charge in [-0.3, -0.25) is 4.79 Å². The average Bonchev–Trinajstić information content (AvgIpc) is 2.52. The molecule has 0 radical (unpaired) electrons. The smallest absolute Gasteiger partial charge is 0.259 e. The van der Waals surface area contributed by atoms with Gasteiger partial charge in [0.2, 0.25) is 0 Å². The lowest BCUT2D eigenvalue weighted by molar-refractivity contribution is -0.119. The molecule has 0 fully saturated rings. The SMILES string of the molecule is C/C(=N\NC(=O)CNc1ccccc1)c1ccc(F)cc1. The summed E-state index contributed by atoms with van der Waals surface area (Å²) < 4.78 is 12.8. The van der Waals surface area contributed by atoms with Gasteiger partial charge in [-0.25, -0.2) is 9.82 Å². The molecule has 2 aromatic rings. The highest BCUT2D eigenvalue weighted by Gasteiger charge is 2.01. The molecule has 2 rings (SSSR count). The number of benzene rings is 2. The molecule has 0 spiro atoms. The molecular weight excluding hydrogens is 269 g/mol. The Hall–Kier alpha value is -2.69. The molecule has 0 saturated heterocycles. The maximum atomic E-state index is 12.8. The number of hydrazone groups is 1. The predicted molar refractivity (Wildman–Crippen MR) is 81.7 cm³/mol. The quantitative estimate of drug-likeness (QED) is 0.655. The summed E-state index contributed by atoms with van der Waals surface area (Å²) in [5.41, 5.74) is 4.70. The molecule has 0 aromatic heterocycles. The molecular formula is C16H16FN3O. The Bertz CT molecular complexity index is 624. The van der Waals surface area contributed by atoms with E-state index in [2.05, 4.69) is 15.8 Å². The van der Waals surface area contributed by atoms with Crippen LogP contribution in [-0.2, 0) is 4.79 Å². The van der Waals surface area contributed by atoms with Crippen LogP contribution in [0.2, 0.25) is 0 Å². The number of carbonyl (C=O) groups excluding carboxylic acids is 1. The molecule has 5 heteroatoms. The molecule has 0 aliphatic heterocycles. The van der Waals surface area contributed by atoms with Crippen LogP contribution in [0.3, 0.4) is 0 Å². The van der Waals surface area contributed by atoms with Crippen molar-refractivity contribution in [1.82, 2.24) is 5.43 Å². The van der Waals surface area contributed by atoms with Crippen molar-refractivity contribution in [3.63, 3.8) is 0 Å². The molecule has 0 bridgehead atoms. The highest BCUT2D eigenvalue weighted by Crippen LogP contribution is 2.04. The topological polar surface area (TPSA) is 53.5 Å². The summed E-state index contributed by atoms with van der Waals surface area (Å²) in [5.74, 6) is -0.553. The van der Waals surface area contributed by atoms with E-state index in [9.17, 15) is 9.18 Å². The van der Waals surface area contributed by atoms with Crippen molar-refractivity contribution in [1.29, 1.82) is 0 Å². The Morgan fingerprint density at radius 3 is 2.43 bits per heavy atom. The fourth-order valence-electron chi connectivity index (χ4n) is 1.68. The Morgan fingerprint density at radius 2 is 1.76 bits per heavy atom. The lowest BCUT2D eigenvalue weighted by Crippen LogP contribution is -2.26. The first-order valence-electron chi connectivity index (χ1n) is 6.53. The summed E-state index contributed by atoms with van der Waals surface area (Å²) in [6, 6.07) is 15.4. The van der Waals surface area contributed by atoms with Crippen molar-refractivity contribution in [2.24, 2.45) is 5.10 Å². The number of para-hydroxylation sites is 1. The Kier molecular flexibility index (Phi) is 5.04. The van der Waals surface area contributed by atoms with Crippen molar-refractivity contribution in [3.8, 4) is 0 Å². The van der Waals surface area contributed by atoms with Crippen molar-refractivity contribution in [2.75, 3.05) is 11.9 Å². The van der Waals surface area contributed by atoms with Gasteiger partial charge >= 0.3 is 0 Å². The first kappa shape index (κ1) is 14.7. The first-order chi connectivity index (χ1) is 10.1. The van der Waals surface area contributed by atoms with Gasteiger partial charge in [0.1, 0.15) is 5.82 Å². The van der Waals surface area contributed by atoms with Crippen LogP contribution in [-0.4, -0.2) is 18.2 Å². The van der Waals surface area contributed by atoms with Crippen molar-refractivity contribution in [2.45, 2.75) is 6.92 Å². The fraction of sp³-hybridized carbons (Fsp3) is 0.125. The highest BCUT2D eigenvalue weighted by molar-refractivity contribution is 5.99. The van der Waals surface area contributed by atoms with Gasteiger partial charge in [-0.15, -0.1) is 0 Å². The van der Waals surface area contributed by atoms with E-state index in [-0.39, 0.29) is 18.3 Å². The van der Waals surface area contributed by atoms with Crippen molar-refractivity contribution in [3.05, 3.63) is 66.0 Å². The number of nitrogens with zero attached hydrogens (tertiary/aromatic N) is 1. The summed E-state index contributed by atoms with van der Waals surface area (Å²) in [4.78, 5) is 11.7. The van der Waals surface area contributed by atoms with Crippen LogP contribution in [0.15, 0.2) is 59.7 Å². The van der Waals surface area contributed by atoms with E-state index in [4.69, 9.17) is 0 Å². The number of amides is 1. The van der Waals surface area contributed by atoms with E-state index in [1.807, 2.05) is 30.3 Å². The van der Waals surface area contributed by atoms with Crippen LogP contribution in [0.25, 0.3) is 0 Å². The van der Waals surface area contributed by atoms with Crippen LogP contribution in [0.5, 0.6) is 0 Å². The lowest BCUT2D eigenvalue weighted by Gasteiger charge is -2.05. The fourth-order valence-corrected chi connectivity index (χ4v) is 1.68. The minimum atomic E-state index is -0.303. The Balaban J connectivity index is 1.85. The molecule has 0 unspecified atom stereocenters. The van der Waals surface area contributed by atoms with E-state index in [0.29, 0.717) is 5.71 Å². The van der Waals surface area contributed by atoms with E-state index in [1.54, 1.807) is 19.1 Å². The molecule has 21 heavy (non-hydrogen) atoms. The van der Waals surface area contributed by atoms with E-state index < -0.39 is 0 Å². The molecule has 4 nitrogen and oxygen atoms in total. The predicted octanol–water partition coefficient (Wildman–Crippen LogP) is 2.78. The molecule has 2 N–H and O–H groups in total. The number of hydrogen-bond donors (Lipinski definition) is 2. The molecule has 0 atom stereocenters. The van der Waals surface area contributed by atoms with Gasteiger partial charge in [-0.1, -0.05) is 30.3 Å². The molecule has 1 amide bonds. The zero-order valence-corrected chi connectivity index (χ0v) is 11.6. The van der Waals surface area contributed by atoms with E-state index >= 15 is 0 Å². The van der Waals surface area contributed by atoms with Crippen LogP contribution in [0.1, 0.15) is 12.5 Å². The van der Waals surface area contributed by atoms with Gasteiger partial charge in [-0.05, 0) is 36.8 Å². The molecule has 2 aromatic carbocycles. The van der Waals surface area contributed by atoms with Crippen LogP contribution < -0.4 is 10.7 Å². The van der Waals surface area contributed by atoms with Crippen LogP contribution in [0.4, 0.5) is 10.1 Å². The third-order valence-corrected chi connectivity index (χ3v) is 2.84. The summed E-state index contributed by atoms with van der Waals surface area (Å²) in [7, 11) is 0. The van der Waals surface area contributed by atoms with Gasteiger partial charge < -0.3 is 5.32 Å². The molecule has 0 aliphatic carbocycles. The maximum absolute atomic E-state index is 12.8. The largest absolute Gasteiger partial charge is 0.376 e. The van der Waals surface area contributed by atoms with E-state index in [0.717, 1.165) is 11.3 Å². The van der Waals surface area contributed by atoms with Gasteiger partial charge in [-0.2, -0.15) is 5.10 Å². The second-order valence-corrected chi connectivity index (χ2v) is 4.46. The molecule has 0 heterocycles. The summed E-state index contributed by atoms with van der Waals surface area (Å²) in [5, 5.41) is 6.98. The minimum absolute atomic E-state index is 0.129. The first-order valence-corrected chi connectivity index (χ1v) is 6.53. The molecule has 0 aliphatic rings. The molecule has 108 valence electrons. The van der Waals surface area contributed by atoms with Gasteiger partial charge in [0.05, 0.1) is 12.3 Å². The number of anilines is 1. The zero-order valence-electron chi connectivity index (χ0n) is 11.6. The normalized spacial score (nSPS) is 11.0. The third-order valence-electron chi connectivity index (χ3n) is 2.84. The highest BCUT2D eigenvalue weighted by atomic mass is 19.1. The monoisotopic (exact) mass is 285 g/mol. The number of nitrogens with one attached hydrogen (secondary N) is 2. The van der Waals surface area contributed by atoms with Crippen LogP contribution in [0, 0.1) is 5.82 Å². The summed E-state index contributed by atoms with van der Waals surface area (Å²) >= 11 is 0. The Morgan fingerprint density at radius 1 is 1.10 bits per heavy atom. The standard InChI is InChI=1S/C16H16FN3O/c1-12(13-7-9-14(17)10-8-13)19-20-16(21)11-18-15-5-3-2-4-6-15/h2-10,18H,11H2,1H3,(H,20,21)/b19-12+. The number of halogens is 1. The number of carbonyl (C=O) groups is 1. The van der Waals surface area contributed by atoms with Crippen LogP contribution >= 0.6 is 0 Å². The minimum Gasteiger partial charge on any atom is -0.376 e. The Labute approximate surface area is 122 Å². The third kappa shape index (κ3) is 4.72. The van der Waals surface area contributed by atoms with Gasteiger partial charge in [0.15, 0.2) is 0 Å². The number of rotatable bonds is 5. The molecule has 0 saturated carbocycles. The van der Waals surface area contributed by atoms with E-state index in [1.165, 1.54) is 12.1 Å². The maximum Gasteiger partial charge on any atom is 0.259 e. The number of hydrogen-bond acceptors (Lipinski definition) is 3. The lowest BCUT2D eigenvalue weighted by atomic mass is 10.1. The van der Waals surface area contributed by atoms with Crippen molar-refractivity contribution >= 4 is 17.3 Å². The second-order valence-electron chi connectivity index (χ2n) is 4.46. The second kappa shape index (κ2) is 7.19. The summed E-state index contributed by atoms with van der Waals surface area (Å²) in [6.07, 6.45) is 0. The van der Waals surface area contributed by atoms with Gasteiger partial charge in [0, 0.05) is 5.69 Å². The van der Waals surface area contributed by atoms with Gasteiger partial charge in [0.25, 0.3) is 5.91 Å².